The van der Waals surface area contributed by atoms with Gasteiger partial charge in [0.1, 0.15) is 11.5 Å². The fourth-order valence-corrected chi connectivity index (χ4v) is 3.50. The number of carbonyl (C=O) groups is 1. The van der Waals surface area contributed by atoms with Crippen LogP contribution in [0.5, 0.6) is 0 Å². The molecule has 0 N–H and O–H groups in total. The van der Waals surface area contributed by atoms with E-state index in [4.69, 9.17) is 0 Å². The fourth-order valence-electron chi connectivity index (χ4n) is 3.50. The average molecular weight is 452 g/mol. The molecule has 0 bridgehead atoms. The predicted molar refractivity (Wildman–Crippen MR) is 122 cm³/mol. The van der Waals surface area contributed by atoms with Gasteiger partial charge in [-0.05, 0) is 37.1 Å². The summed E-state index contributed by atoms with van der Waals surface area (Å²) in [4.78, 5) is 38.5. The molecule has 0 aliphatic heterocycles. The lowest BCUT2D eigenvalue weighted by Gasteiger charge is -2.23. The molecule has 0 saturated heterocycles. The van der Waals surface area contributed by atoms with Crippen LogP contribution in [-0.2, 0) is 6.54 Å². The van der Waals surface area contributed by atoms with Crippen molar-refractivity contribution in [1.29, 1.82) is 0 Å². The molecule has 0 spiro atoms. The van der Waals surface area contributed by atoms with Gasteiger partial charge in [0.25, 0.3) is 11.6 Å². The quantitative estimate of drug-likeness (QED) is 0.272. The lowest BCUT2D eigenvalue weighted by Crippen LogP contribution is -2.36. The second kappa shape index (κ2) is 10.6. The molecule has 2 aromatic carbocycles. The number of unbranched alkanes of at least 4 members (excludes halogenated alkanes) is 2. The molecule has 1 aromatic heterocycles. The van der Waals surface area contributed by atoms with Crippen molar-refractivity contribution in [2.24, 2.45) is 0 Å². The summed E-state index contributed by atoms with van der Waals surface area (Å²) in [6, 6.07) is 13.0. The van der Waals surface area contributed by atoms with Crippen molar-refractivity contribution in [2.75, 3.05) is 6.54 Å². The van der Waals surface area contributed by atoms with Gasteiger partial charge in [-0.1, -0.05) is 44.0 Å². The first-order chi connectivity index (χ1) is 15.8. The molecule has 0 aliphatic carbocycles. The van der Waals surface area contributed by atoms with Gasteiger partial charge in [-0.3, -0.25) is 19.7 Å². The first-order valence-electron chi connectivity index (χ1n) is 10.7. The molecule has 9 heteroatoms. The van der Waals surface area contributed by atoms with E-state index >= 15 is 0 Å². The van der Waals surface area contributed by atoms with Crippen LogP contribution in [0.2, 0.25) is 0 Å². The number of nitrogens with zero attached hydrogens (tertiary/aromatic N) is 4. The first kappa shape index (κ1) is 23.8. The van der Waals surface area contributed by atoms with Crippen molar-refractivity contribution < 1.29 is 14.1 Å². The van der Waals surface area contributed by atoms with Crippen molar-refractivity contribution in [2.45, 2.75) is 39.7 Å². The van der Waals surface area contributed by atoms with E-state index in [9.17, 15) is 24.1 Å². The lowest BCUT2D eigenvalue weighted by atomic mass is 10.1. The number of hydrogen-bond acceptors (Lipinski definition) is 5. The molecule has 1 heterocycles. The highest BCUT2D eigenvalue weighted by Crippen LogP contribution is 2.22. The molecular weight excluding hydrogens is 427 g/mol. The normalized spacial score (nSPS) is 10.8. The van der Waals surface area contributed by atoms with Crippen LogP contribution in [0.25, 0.3) is 5.69 Å². The van der Waals surface area contributed by atoms with Crippen LogP contribution in [0.4, 0.5) is 10.1 Å². The number of nitro groups is 1. The van der Waals surface area contributed by atoms with Gasteiger partial charge >= 0.3 is 0 Å². The van der Waals surface area contributed by atoms with Gasteiger partial charge in [0.05, 0.1) is 4.92 Å². The van der Waals surface area contributed by atoms with Crippen LogP contribution in [0.15, 0.2) is 59.4 Å². The van der Waals surface area contributed by atoms with Crippen LogP contribution in [0, 0.1) is 22.9 Å². The van der Waals surface area contributed by atoms with Gasteiger partial charge in [0, 0.05) is 30.9 Å². The van der Waals surface area contributed by atoms with Gasteiger partial charge in [0.2, 0.25) is 5.43 Å². The molecule has 33 heavy (non-hydrogen) atoms. The van der Waals surface area contributed by atoms with Crippen LogP contribution in [0.3, 0.4) is 0 Å². The summed E-state index contributed by atoms with van der Waals surface area (Å²) in [5.74, 6) is -0.956. The Balaban J connectivity index is 2.02. The van der Waals surface area contributed by atoms with Crippen molar-refractivity contribution in [3.8, 4) is 5.69 Å². The summed E-state index contributed by atoms with van der Waals surface area (Å²) >= 11 is 0. The summed E-state index contributed by atoms with van der Waals surface area (Å²) in [6.45, 7) is 4.21. The van der Waals surface area contributed by atoms with Gasteiger partial charge in [-0.25, -0.2) is 9.07 Å². The Bertz CT molecular complexity index is 1210. The largest absolute Gasteiger partial charge is 0.333 e. The van der Waals surface area contributed by atoms with Crippen molar-refractivity contribution in [3.63, 3.8) is 0 Å². The van der Waals surface area contributed by atoms with E-state index in [-0.39, 0.29) is 29.4 Å². The van der Waals surface area contributed by atoms with E-state index in [0.717, 1.165) is 19.3 Å². The van der Waals surface area contributed by atoms with Crippen molar-refractivity contribution in [3.05, 3.63) is 97.7 Å². The minimum atomic E-state index is -0.576. The summed E-state index contributed by atoms with van der Waals surface area (Å²) in [6.07, 6.45) is 2.58. The van der Waals surface area contributed by atoms with E-state index in [2.05, 4.69) is 5.10 Å². The smallest absolute Gasteiger partial charge is 0.294 e. The molecule has 8 nitrogen and oxygen atoms in total. The monoisotopic (exact) mass is 452 g/mol. The SMILES string of the molecule is CCCCCN(Cc1ccc(F)cc1)C(=O)c1nn(-c2ccccc2[N+](=O)[O-])c(C)cc1=O. The highest BCUT2D eigenvalue weighted by molar-refractivity contribution is 5.92. The molecule has 172 valence electrons. The zero-order valence-electron chi connectivity index (χ0n) is 18.5. The van der Waals surface area contributed by atoms with E-state index in [1.807, 2.05) is 6.92 Å². The third-order valence-electron chi connectivity index (χ3n) is 5.22. The minimum Gasteiger partial charge on any atom is -0.333 e. The molecule has 0 atom stereocenters. The molecule has 0 aliphatic rings. The van der Waals surface area contributed by atoms with Crippen LogP contribution < -0.4 is 5.43 Å². The van der Waals surface area contributed by atoms with Crippen LogP contribution in [0.1, 0.15) is 47.9 Å². The van der Waals surface area contributed by atoms with E-state index in [1.54, 1.807) is 25.1 Å². The molecule has 1 amide bonds. The van der Waals surface area contributed by atoms with Gasteiger partial charge in [-0.2, -0.15) is 5.10 Å². The predicted octanol–water partition coefficient (Wildman–Crippen LogP) is 4.42. The van der Waals surface area contributed by atoms with Crippen molar-refractivity contribution in [1.82, 2.24) is 14.7 Å². The number of aromatic nitrogens is 2. The maximum Gasteiger partial charge on any atom is 0.294 e. The number of halogens is 1. The topological polar surface area (TPSA) is 98.3 Å². The number of carbonyl (C=O) groups excluding carboxylic acids is 1. The maximum atomic E-state index is 13.4. The standard InChI is InChI=1S/C24H25FN4O4/c1-3-4-7-14-27(16-18-10-12-19(25)13-11-18)24(31)23-22(30)15-17(2)28(26-23)20-8-5-6-9-21(20)29(32)33/h5-6,8-13,15H,3-4,7,14,16H2,1-2H3. The zero-order chi connectivity index (χ0) is 24.0. The van der Waals surface area contributed by atoms with Gasteiger partial charge in [0.15, 0.2) is 5.69 Å². The summed E-state index contributed by atoms with van der Waals surface area (Å²) in [7, 11) is 0. The number of para-hydroxylation sites is 2. The summed E-state index contributed by atoms with van der Waals surface area (Å²) in [5, 5.41) is 15.7. The average Bonchev–Trinajstić information content (AvgIpc) is 2.79. The lowest BCUT2D eigenvalue weighted by molar-refractivity contribution is -0.384. The molecule has 0 unspecified atom stereocenters. The Morgan fingerprint density at radius 3 is 2.52 bits per heavy atom. The second-order valence-corrected chi connectivity index (χ2v) is 7.72. The molecule has 0 saturated carbocycles. The molecule has 0 fully saturated rings. The highest BCUT2D eigenvalue weighted by atomic mass is 19.1. The number of amides is 1. The van der Waals surface area contributed by atoms with Gasteiger partial charge < -0.3 is 4.90 Å². The molecule has 3 aromatic rings. The second-order valence-electron chi connectivity index (χ2n) is 7.72. The number of rotatable bonds is 9. The number of aryl methyl sites for hydroxylation is 1. The Labute approximate surface area is 190 Å². The Morgan fingerprint density at radius 1 is 1.15 bits per heavy atom. The summed E-state index contributed by atoms with van der Waals surface area (Å²) in [5.41, 5.74) is 0.157. The summed E-state index contributed by atoms with van der Waals surface area (Å²) < 4.78 is 14.5. The first-order valence-corrected chi connectivity index (χ1v) is 10.7. The molecule has 0 radical (unpaired) electrons. The highest BCUT2D eigenvalue weighted by Gasteiger charge is 2.24. The Kier molecular flexibility index (Phi) is 7.66. The third-order valence-corrected chi connectivity index (χ3v) is 5.22. The van der Waals surface area contributed by atoms with Gasteiger partial charge in [-0.15, -0.1) is 0 Å². The van der Waals surface area contributed by atoms with Crippen molar-refractivity contribution >= 4 is 11.6 Å². The molecule has 3 rings (SSSR count). The van der Waals surface area contributed by atoms with Crippen LogP contribution >= 0.6 is 0 Å². The zero-order valence-corrected chi connectivity index (χ0v) is 18.5. The maximum absolute atomic E-state index is 13.4. The van der Waals surface area contributed by atoms with E-state index < -0.39 is 16.3 Å². The minimum absolute atomic E-state index is 0.158. The Hall–Kier alpha value is -3.88. The fraction of sp³-hybridized carbons (Fsp3) is 0.292. The Morgan fingerprint density at radius 2 is 1.85 bits per heavy atom. The van der Waals surface area contributed by atoms with E-state index in [1.165, 1.54) is 46.0 Å². The van der Waals surface area contributed by atoms with E-state index in [0.29, 0.717) is 17.8 Å². The van der Waals surface area contributed by atoms with Crippen LogP contribution in [-0.4, -0.2) is 32.1 Å². The number of nitro benzene ring substituents is 1. The third kappa shape index (κ3) is 5.68. The number of benzene rings is 2. The number of hydrogen-bond donors (Lipinski definition) is 0. The molecular formula is C24H25FN4O4.